The van der Waals surface area contributed by atoms with Crippen molar-refractivity contribution in [3.8, 4) is 0 Å². The van der Waals surface area contributed by atoms with E-state index in [0.29, 0.717) is 5.92 Å². The van der Waals surface area contributed by atoms with Gasteiger partial charge in [-0.15, -0.1) is 0 Å². The van der Waals surface area contributed by atoms with Gasteiger partial charge >= 0.3 is 0 Å². The fraction of sp³-hybridized carbons (Fsp3) is 0.412. The number of nitrogens with two attached hydrogens (primary N) is 1. The van der Waals surface area contributed by atoms with E-state index in [-0.39, 0.29) is 5.54 Å². The molecule has 0 bridgehead atoms. The molecule has 2 aromatic rings. The largest absolute Gasteiger partial charge is 0.377 e. The van der Waals surface area contributed by atoms with Gasteiger partial charge in [-0.1, -0.05) is 37.3 Å². The van der Waals surface area contributed by atoms with Crippen molar-refractivity contribution in [2.45, 2.75) is 32.2 Å². The third kappa shape index (κ3) is 2.74. The lowest BCUT2D eigenvalue weighted by Gasteiger charge is -2.29. The maximum Gasteiger partial charge on any atom is 0.0443 e. The summed E-state index contributed by atoms with van der Waals surface area (Å²) < 4.78 is 0. The van der Waals surface area contributed by atoms with E-state index in [4.69, 9.17) is 5.73 Å². The molecule has 0 spiro atoms. The molecule has 0 aliphatic carbocycles. The zero-order chi connectivity index (χ0) is 14.2. The summed E-state index contributed by atoms with van der Waals surface area (Å²) in [5, 5.41) is 2.57. The van der Waals surface area contributed by atoms with Crippen LogP contribution in [0.1, 0.15) is 32.3 Å². The van der Waals surface area contributed by atoms with Crippen LogP contribution in [0.15, 0.2) is 36.4 Å². The quantitative estimate of drug-likeness (QED) is 0.906. The smallest absolute Gasteiger partial charge is 0.0443 e. The number of anilines is 1. The molecule has 0 aromatic heterocycles. The van der Waals surface area contributed by atoms with Crippen LogP contribution < -0.4 is 10.6 Å². The standard InChI is InChI=1S/C17H24N2/c1-12(17(2,3)18)14-10-13-8-6-7-9-15(13)16(11-14)19(4)5/h6-12H,18H2,1-5H3. The van der Waals surface area contributed by atoms with Crippen molar-refractivity contribution in [3.05, 3.63) is 42.0 Å². The van der Waals surface area contributed by atoms with Crippen LogP contribution in [0.25, 0.3) is 10.8 Å². The second-order valence-electron chi connectivity index (χ2n) is 6.20. The third-order valence-corrected chi connectivity index (χ3v) is 3.96. The van der Waals surface area contributed by atoms with Gasteiger partial charge in [-0.3, -0.25) is 0 Å². The molecule has 0 aliphatic heterocycles. The average molecular weight is 256 g/mol. The molecule has 2 nitrogen and oxygen atoms in total. The minimum atomic E-state index is -0.216. The number of hydrogen-bond acceptors (Lipinski definition) is 2. The van der Waals surface area contributed by atoms with Crippen LogP contribution in [0.4, 0.5) is 5.69 Å². The predicted molar refractivity (Wildman–Crippen MR) is 85.0 cm³/mol. The first-order chi connectivity index (χ1) is 8.80. The Balaban J connectivity index is 2.65. The molecule has 0 fully saturated rings. The molecule has 2 aromatic carbocycles. The number of hydrogen-bond donors (Lipinski definition) is 1. The van der Waals surface area contributed by atoms with Crippen LogP contribution in [-0.4, -0.2) is 19.6 Å². The predicted octanol–water partition coefficient (Wildman–Crippen LogP) is 3.75. The van der Waals surface area contributed by atoms with E-state index in [0.717, 1.165) is 0 Å². The van der Waals surface area contributed by atoms with Gasteiger partial charge in [-0.2, -0.15) is 0 Å². The lowest BCUT2D eigenvalue weighted by molar-refractivity contribution is 0.435. The van der Waals surface area contributed by atoms with Crippen LogP contribution in [-0.2, 0) is 0 Å². The van der Waals surface area contributed by atoms with E-state index >= 15 is 0 Å². The molecular formula is C17H24N2. The van der Waals surface area contributed by atoms with Gasteiger partial charge in [-0.25, -0.2) is 0 Å². The highest BCUT2D eigenvalue weighted by molar-refractivity contribution is 5.95. The highest BCUT2D eigenvalue weighted by atomic mass is 15.1. The van der Waals surface area contributed by atoms with Gasteiger partial charge < -0.3 is 10.6 Å². The van der Waals surface area contributed by atoms with Crippen LogP contribution in [0.3, 0.4) is 0 Å². The molecular weight excluding hydrogens is 232 g/mol. The Morgan fingerprint density at radius 1 is 1.11 bits per heavy atom. The summed E-state index contributed by atoms with van der Waals surface area (Å²) in [7, 11) is 4.17. The first-order valence-corrected chi connectivity index (χ1v) is 6.79. The number of fused-ring (bicyclic) bond motifs is 1. The summed E-state index contributed by atoms with van der Waals surface area (Å²) in [5.74, 6) is 0.316. The van der Waals surface area contributed by atoms with E-state index in [1.807, 2.05) is 0 Å². The Morgan fingerprint density at radius 3 is 2.32 bits per heavy atom. The molecule has 1 unspecified atom stereocenters. The Bertz CT molecular complexity index is 579. The van der Waals surface area contributed by atoms with Gasteiger partial charge in [0.05, 0.1) is 0 Å². The van der Waals surface area contributed by atoms with Gasteiger partial charge in [-0.05, 0) is 36.8 Å². The summed E-state index contributed by atoms with van der Waals surface area (Å²) in [5.41, 5.74) is 8.61. The molecule has 102 valence electrons. The molecule has 19 heavy (non-hydrogen) atoms. The van der Waals surface area contributed by atoms with Crippen molar-refractivity contribution in [1.82, 2.24) is 0 Å². The molecule has 2 N–H and O–H groups in total. The van der Waals surface area contributed by atoms with Gasteiger partial charge in [0.1, 0.15) is 0 Å². The molecule has 0 radical (unpaired) electrons. The fourth-order valence-electron chi connectivity index (χ4n) is 2.36. The molecule has 2 rings (SSSR count). The van der Waals surface area contributed by atoms with E-state index in [9.17, 15) is 0 Å². The van der Waals surface area contributed by atoms with E-state index in [1.54, 1.807) is 0 Å². The average Bonchev–Trinajstić information content (AvgIpc) is 2.35. The summed E-state index contributed by atoms with van der Waals surface area (Å²) in [6, 6.07) is 13.0. The van der Waals surface area contributed by atoms with Crippen LogP contribution in [0.2, 0.25) is 0 Å². The van der Waals surface area contributed by atoms with E-state index in [1.165, 1.54) is 22.0 Å². The van der Waals surface area contributed by atoms with Crippen LogP contribution in [0.5, 0.6) is 0 Å². The van der Waals surface area contributed by atoms with E-state index in [2.05, 4.69) is 76.2 Å². The van der Waals surface area contributed by atoms with Gasteiger partial charge in [0.25, 0.3) is 0 Å². The van der Waals surface area contributed by atoms with Crippen LogP contribution >= 0.6 is 0 Å². The molecule has 2 heteroatoms. The Hall–Kier alpha value is -1.54. The SMILES string of the molecule is CC(c1cc(N(C)C)c2ccccc2c1)C(C)(C)N. The van der Waals surface area contributed by atoms with Gasteiger partial charge in [0, 0.05) is 30.7 Å². The number of benzene rings is 2. The van der Waals surface area contributed by atoms with Crippen molar-refractivity contribution in [3.63, 3.8) is 0 Å². The molecule has 0 heterocycles. The highest BCUT2D eigenvalue weighted by Crippen LogP contribution is 2.33. The number of nitrogens with zero attached hydrogens (tertiary/aromatic N) is 1. The molecule has 1 atom stereocenters. The molecule has 0 aliphatic rings. The summed E-state index contributed by atoms with van der Waals surface area (Å²) >= 11 is 0. The normalized spacial score (nSPS) is 13.6. The Kier molecular flexibility index (Phi) is 3.55. The zero-order valence-corrected chi connectivity index (χ0v) is 12.6. The monoisotopic (exact) mass is 256 g/mol. The fourth-order valence-corrected chi connectivity index (χ4v) is 2.36. The Labute approximate surface area is 116 Å². The van der Waals surface area contributed by atoms with E-state index < -0.39 is 0 Å². The maximum absolute atomic E-state index is 6.27. The second-order valence-corrected chi connectivity index (χ2v) is 6.20. The van der Waals surface area contributed by atoms with Crippen molar-refractivity contribution in [2.75, 3.05) is 19.0 Å². The third-order valence-electron chi connectivity index (χ3n) is 3.96. The van der Waals surface area contributed by atoms with Crippen LogP contribution in [0, 0.1) is 0 Å². The number of rotatable bonds is 3. The first kappa shape index (κ1) is 13.9. The van der Waals surface area contributed by atoms with Crippen molar-refractivity contribution >= 4 is 16.5 Å². The first-order valence-electron chi connectivity index (χ1n) is 6.79. The maximum atomic E-state index is 6.27. The lowest BCUT2D eigenvalue weighted by atomic mass is 9.83. The van der Waals surface area contributed by atoms with Gasteiger partial charge in [0.15, 0.2) is 0 Å². The van der Waals surface area contributed by atoms with Crippen molar-refractivity contribution in [1.29, 1.82) is 0 Å². The molecule has 0 amide bonds. The topological polar surface area (TPSA) is 29.3 Å². The highest BCUT2D eigenvalue weighted by Gasteiger charge is 2.23. The van der Waals surface area contributed by atoms with Gasteiger partial charge in [0.2, 0.25) is 0 Å². The zero-order valence-electron chi connectivity index (χ0n) is 12.6. The summed E-state index contributed by atoms with van der Waals surface area (Å²) in [6.45, 7) is 6.37. The van der Waals surface area contributed by atoms with Crippen molar-refractivity contribution in [2.24, 2.45) is 5.73 Å². The minimum absolute atomic E-state index is 0.216. The minimum Gasteiger partial charge on any atom is -0.377 e. The Morgan fingerprint density at radius 2 is 1.74 bits per heavy atom. The lowest BCUT2D eigenvalue weighted by Crippen LogP contribution is -2.37. The summed E-state index contributed by atoms with van der Waals surface area (Å²) in [6.07, 6.45) is 0. The second kappa shape index (κ2) is 4.86. The molecule has 0 saturated heterocycles. The van der Waals surface area contributed by atoms with Crippen molar-refractivity contribution < 1.29 is 0 Å². The summed E-state index contributed by atoms with van der Waals surface area (Å²) in [4.78, 5) is 2.17. The molecule has 0 saturated carbocycles.